The monoisotopic (exact) mass is 244 g/mol. The van der Waals surface area contributed by atoms with E-state index in [2.05, 4.69) is 18.3 Å². The first-order chi connectivity index (χ1) is 8.79. The predicted molar refractivity (Wildman–Crippen MR) is 73.3 cm³/mol. The number of para-hydroxylation sites is 1. The van der Waals surface area contributed by atoms with Gasteiger partial charge in [0.1, 0.15) is 5.58 Å². The summed E-state index contributed by atoms with van der Waals surface area (Å²) in [6.45, 7) is 3.96. The third kappa shape index (κ3) is 2.16. The Morgan fingerprint density at radius 2 is 2.22 bits per heavy atom. The molecule has 0 radical (unpaired) electrons. The number of fused-ring (bicyclic) bond motifs is 1. The first-order valence-corrected chi connectivity index (χ1v) is 6.69. The van der Waals surface area contributed by atoms with Gasteiger partial charge in [0.05, 0.1) is 6.26 Å². The Morgan fingerprint density at radius 3 is 2.94 bits per heavy atom. The number of nitrogens with one attached hydrogen (secondary N) is 1. The molecule has 3 unspecified atom stereocenters. The highest BCUT2D eigenvalue weighted by atomic mass is 16.3. The summed E-state index contributed by atoms with van der Waals surface area (Å²) < 4.78 is 5.58. The highest BCUT2D eigenvalue weighted by molar-refractivity contribution is 5.81. The van der Waals surface area contributed by atoms with E-state index in [0.29, 0.717) is 6.54 Å². The first kappa shape index (κ1) is 11.8. The van der Waals surface area contributed by atoms with Gasteiger partial charge in [0.2, 0.25) is 0 Å². The van der Waals surface area contributed by atoms with E-state index in [-0.39, 0.29) is 6.04 Å². The molecule has 0 saturated heterocycles. The van der Waals surface area contributed by atoms with Crippen LogP contribution >= 0.6 is 0 Å². The van der Waals surface area contributed by atoms with Crippen LogP contribution in [0, 0.1) is 11.8 Å². The van der Waals surface area contributed by atoms with E-state index in [1.165, 1.54) is 17.4 Å². The van der Waals surface area contributed by atoms with E-state index >= 15 is 0 Å². The number of rotatable bonds is 5. The number of hydrogen-bond donors (Lipinski definition) is 2. The van der Waals surface area contributed by atoms with Crippen molar-refractivity contribution in [3.8, 4) is 0 Å². The van der Waals surface area contributed by atoms with E-state index < -0.39 is 0 Å². The minimum absolute atomic E-state index is 0.196. The molecule has 3 rings (SSSR count). The molecule has 0 bridgehead atoms. The molecule has 1 aliphatic carbocycles. The summed E-state index contributed by atoms with van der Waals surface area (Å²) in [5, 5.41) is 4.74. The Kier molecular flexibility index (Phi) is 3.10. The van der Waals surface area contributed by atoms with Gasteiger partial charge in [-0.15, -0.1) is 0 Å². The SMILES string of the molecule is CC1CC1CNC(CN)c1coc2ccccc12. The molecular formula is C15H20N2O. The summed E-state index contributed by atoms with van der Waals surface area (Å²) in [6.07, 6.45) is 3.18. The van der Waals surface area contributed by atoms with Crippen LogP contribution in [0.1, 0.15) is 24.9 Å². The molecule has 1 heterocycles. The molecule has 18 heavy (non-hydrogen) atoms. The molecule has 1 saturated carbocycles. The lowest BCUT2D eigenvalue weighted by atomic mass is 10.1. The quantitative estimate of drug-likeness (QED) is 0.850. The van der Waals surface area contributed by atoms with Gasteiger partial charge in [0.15, 0.2) is 0 Å². The van der Waals surface area contributed by atoms with Gasteiger partial charge in [-0.3, -0.25) is 0 Å². The van der Waals surface area contributed by atoms with Crippen LogP contribution in [0.15, 0.2) is 34.9 Å². The van der Waals surface area contributed by atoms with Gasteiger partial charge in [0.25, 0.3) is 0 Å². The number of furan rings is 1. The molecule has 3 nitrogen and oxygen atoms in total. The Bertz CT molecular complexity index is 534. The third-order valence-corrected chi connectivity index (χ3v) is 4.02. The molecule has 0 aliphatic heterocycles. The zero-order valence-corrected chi connectivity index (χ0v) is 10.7. The molecule has 3 atom stereocenters. The minimum atomic E-state index is 0.196. The summed E-state index contributed by atoms with van der Waals surface area (Å²) in [5.74, 6) is 1.70. The van der Waals surface area contributed by atoms with Crippen LogP contribution in [0.2, 0.25) is 0 Å². The fraction of sp³-hybridized carbons (Fsp3) is 0.467. The summed E-state index contributed by atoms with van der Waals surface area (Å²) in [5.41, 5.74) is 8.01. The highest BCUT2D eigenvalue weighted by Crippen LogP contribution is 2.37. The van der Waals surface area contributed by atoms with Gasteiger partial charge < -0.3 is 15.5 Å². The number of nitrogens with two attached hydrogens (primary N) is 1. The Hall–Kier alpha value is -1.32. The highest BCUT2D eigenvalue weighted by Gasteiger charge is 2.32. The van der Waals surface area contributed by atoms with Crippen LogP contribution in [0.25, 0.3) is 11.0 Å². The predicted octanol–water partition coefficient (Wildman–Crippen LogP) is 2.68. The maximum atomic E-state index is 5.89. The van der Waals surface area contributed by atoms with E-state index in [1.54, 1.807) is 0 Å². The van der Waals surface area contributed by atoms with Crippen molar-refractivity contribution in [1.29, 1.82) is 0 Å². The van der Waals surface area contributed by atoms with E-state index in [1.807, 2.05) is 24.5 Å². The van der Waals surface area contributed by atoms with Gasteiger partial charge in [-0.25, -0.2) is 0 Å². The average molecular weight is 244 g/mol. The Labute approximate surface area is 107 Å². The van der Waals surface area contributed by atoms with Crippen molar-refractivity contribution in [3.63, 3.8) is 0 Å². The summed E-state index contributed by atoms with van der Waals surface area (Å²) in [6, 6.07) is 8.32. The van der Waals surface area contributed by atoms with Crippen molar-refractivity contribution in [3.05, 3.63) is 36.1 Å². The Balaban J connectivity index is 1.77. The van der Waals surface area contributed by atoms with Crippen molar-refractivity contribution >= 4 is 11.0 Å². The third-order valence-electron chi connectivity index (χ3n) is 4.02. The molecule has 1 aliphatic rings. The van der Waals surface area contributed by atoms with Crippen LogP contribution in [0.4, 0.5) is 0 Å². The fourth-order valence-corrected chi connectivity index (χ4v) is 2.57. The maximum Gasteiger partial charge on any atom is 0.134 e. The second-order valence-corrected chi connectivity index (χ2v) is 5.36. The van der Waals surface area contributed by atoms with Gasteiger partial charge in [-0.1, -0.05) is 25.1 Å². The van der Waals surface area contributed by atoms with Crippen LogP contribution in [-0.2, 0) is 0 Å². The van der Waals surface area contributed by atoms with Crippen LogP contribution < -0.4 is 11.1 Å². The Morgan fingerprint density at radius 1 is 1.44 bits per heavy atom. The number of hydrogen-bond acceptors (Lipinski definition) is 3. The summed E-state index contributed by atoms with van der Waals surface area (Å²) in [7, 11) is 0. The van der Waals surface area contributed by atoms with Crippen molar-refractivity contribution in [2.45, 2.75) is 19.4 Å². The second kappa shape index (κ2) is 4.75. The lowest BCUT2D eigenvalue weighted by Gasteiger charge is -2.15. The lowest BCUT2D eigenvalue weighted by molar-refractivity contribution is 0.505. The molecule has 3 heteroatoms. The van der Waals surface area contributed by atoms with Gasteiger partial charge in [-0.2, -0.15) is 0 Å². The molecule has 1 aromatic carbocycles. The number of benzene rings is 1. The largest absolute Gasteiger partial charge is 0.464 e. The molecule has 96 valence electrons. The minimum Gasteiger partial charge on any atom is -0.464 e. The van der Waals surface area contributed by atoms with Crippen molar-refractivity contribution < 1.29 is 4.42 Å². The lowest BCUT2D eigenvalue weighted by Crippen LogP contribution is -2.29. The first-order valence-electron chi connectivity index (χ1n) is 6.69. The van der Waals surface area contributed by atoms with E-state index in [0.717, 1.165) is 24.0 Å². The molecule has 1 aromatic heterocycles. The topological polar surface area (TPSA) is 51.2 Å². The maximum absolute atomic E-state index is 5.89. The summed E-state index contributed by atoms with van der Waals surface area (Å²) in [4.78, 5) is 0. The van der Waals surface area contributed by atoms with Crippen molar-refractivity contribution in [2.24, 2.45) is 17.6 Å². The second-order valence-electron chi connectivity index (χ2n) is 5.36. The molecule has 3 N–H and O–H groups in total. The molecule has 2 aromatic rings. The van der Waals surface area contributed by atoms with E-state index in [9.17, 15) is 0 Å². The van der Waals surface area contributed by atoms with Crippen molar-refractivity contribution in [1.82, 2.24) is 5.32 Å². The molecule has 0 amide bonds. The normalized spacial score (nSPS) is 24.3. The van der Waals surface area contributed by atoms with Gasteiger partial charge in [-0.05, 0) is 30.9 Å². The molecular weight excluding hydrogens is 224 g/mol. The van der Waals surface area contributed by atoms with Gasteiger partial charge in [0, 0.05) is 23.5 Å². The van der Waals surface area contributed by atoms with Crippen LogP contribution in [0.5, 0.6) is 0 Å². The molecule has 0 spiro atoms. The average Bonchev–Trinajstić information content (AvgIpc) is 2.94. The zero-order chi connectivity index (χ0) is 12.5. The van der Waals surface area contributed by atoms with E-state index in [4.69, 9.17) is 10.2 Å². The fourth-order valence-electron chi connectivity index (χ4n) is 2.57. The molecule has 1 fully saturated rings. The van der Waals surface area contributed by atoms with Gasteiger partial charge >= 0.3 is 0 Å². The smallest absolute Gasteiger partial charge is 0.134 e. The summed E-state index contributed by atoms with van der Waals surface area (Å²) >= 11 is 0. The van der Waals surface area contributed by atoms with Crippen LogP contribution in [-0.4, -0.2) is 13.1 Å². The van der Waals surface area contributed by atoms with Crippen molar-refractivity contribution in [2.75, 3.05) is 13.1 Å². The zero-order valence-electron chi connectivity index (χ0n) is 10.7. The standard InChI is InChI=1S/C15H20N2O/c1-10-6-11(10)8-17-14(7-16)13-9-18-15-5-3-2-4-12(13)15/h2-5,9-11,14,17H,6-8,16H2,1H3. The van der Waals surface area contributed by atoms with Crippen LogP contribution in [0.3, 0.4) is 0 Å².